The average Bonchev–Trinajstić information content (AvgIpc) is 3.12. The van der Waals surface area contributed by atoms with Gasteiger partial charge >= 0.3 is 0 Å². The van der Waals surface area contributed by atoms with Crippen LogP contribution in [0.5, 0.6) is 0 Å². The number of ether oxygens (including phenoxy) is 2. The minimum Gasteiger partial charge on any atom is -0.381 e. The van der Waals surface area contributed by atoms with Crippen LogP contribution in [0.3, 0.4) is 0 Å². The molecule has 26 heavy (non-hydrogen) atoms. The topological polar surface area (TPSA) is 46.1 Å². The molecule has 1 aliphatic rings. The Morgan fingerprint density at radius 2 is 2.23 bits per heavy atom. The van der Waals surface area contributed by atoms with E-state index in [-0.39, 0.29) is 24.0 Å². The lowest BCUT2D eigenvalue weighted by Gasteiger charge is -2.22. The van der Waals surface area contributed by atoms with E-state index in [0.717, 1.165) is 75.4 Å². The summed E-state index contributed by atoms with van der Waals surface area (Å²) in [5, 5.41) is 4.12. The Morgan fingerprint density at radius 1 is 1.42 bits per heavy atom. The maximum Gasteiger partial charge on any atom is 0.193 e. The van der Waals surface area contributed by atoms with Crippen molar-refractivity contribution in [1.82, 2.24) is 10.2 Å². The standard InChI is InChI=1S/C19H30ClN3O2.HI/c1-3-21-19(23(2)13-17-7-4-5-8-18(17)20)22-10-6-11-24-14-16-9-12-25-15-16;/h4-5,7-8,16H,3,6,9-15H2,1-2H3,(H,21,22);1H. The van der Waals surface area contributed by atoms with Crippen LogP contribution in [-0.4, -0.2) is 57.4 Å². The van der Waals surface area contributed by atoms with Gasteiger partial charge in [0.1, 0.15) is 0 Å². The van der Waals surface area contributed by atoms with E-state index in [0.29, 0.717) is 5.92 Å². The van der Waals surface area contributed by atoms with Gasteiger partial charge in [0, 0.05) is 50.8 Å². The van der Waals surface area contributed by atoms with Crippen molar-refractivity contribution >= 4 is 41.5 Å². The van der Waals surface area contributed by atoms with Crippen LogP contribution < -0.4 is 5.32 Å². The van der Waals surface area contributed by atoms with E-state index in [4.69, 9.17) is 26.1 Å². The average molecular weight is 496 g/mol. The van der Waals surface area contributed by atoms with Crippen molar-refractivity contribution in [2.24, 2.45) is 10.9 Å². The highest BCUT2D eigenvalue weighted by Crippen LogP contribution is 2.16. The van der Waals surface area contributed by atoms with E-state index in [2.05, 4.69) is 17.1 Å². The summed E-state index contributed by atoms with van der Waals surface area (Å²) >= 11 is 6.25. The molecule has 1 aromatic carbocycles. The van der Waals surface area contributed by atoms with Crippen LogP contribution >= 0.6 is 35.6 Å². The van der Waals surface area contributed by atoms with Crippen molar-refractivity contribution in [3.8, 4) is 0 Å². The fourth-order valence-corrected chi connectivity index (χ4v) is 2.94. The zero-order chi connectivity index (χ0) is 17.9. The number of guanidine groups is 1. The summed E-state index contributed by atoms with van der Waals surface area (Å²) in [5.74, 6) is 1.47. The number of nitrogens with one attached hydrogen (secondary N) is 1. The molecule has 0 radical (unpaired) electrons. The molecule has 1 fully saturated rings. The number of rotatable bonds is 9. The highest BCUT2D eigenvalue weighted by Gasteiger charge is 2.15. The van der Waals surface area contributed by atoms with Gasteiger partial charge in [-0.05, 0) is 31.4 Å². The van der Waals surface area contributed by atoms with Gasteiger partial charge in [0.05, 0.1) is 13.2 Å². The molecule has 0 amide bonds. The summed E-state index contributed by atoms with van der Waals surface area (Å²) in [6.07, 6.45) is 2.04. The maximum absolute atomic E-state index is 6.25. The van der Waals surface area contributed by atoms with Crippen LogP contribution in [0.15, 0.2) is 29.3 Å². The molecule has 1 atom stereocenters. The Morgan fingerprint density at radius 3 is 2.92 bits per heavy atom. The summed E-state index contributed by atoms with van der Waals surface area (Å²) in [6.45, 7) is 7.65. The van der Waals surface area contributed by atoms with Crippen molar-refractivity contribution in [3.63, 3.8) is 0 Å². The van der Waals surface area contributed by atoms with Crippen LogP contribution in [0.4, 0.5) is 0 Å². The highest BCUT2D eigenvalue weighted by molar-refractivity contribution is 14.0. The zero-order valence-electron chi connectivity index (χ0n) is 15.7. The molecule has 0 aliphatic carbocycles. The van der Waals surface area contributed by atoms with Gasteiger partial charge in [-0.2, -0.15) is 0 Å². The second kappa shape index (κ2) is 13.6. The number of hydrogen-bond acceptors (Lipinski definition) is 3. The van der Waals surface area contributed by atoms with Crippen molar-refractivity contribution < 1.29 is 9.47 Å². The third kappa shape index (κ3) is 8.41. The van der Waals surface area contributed by atoms with Crippen molar-refractivity contribution in [2.75, 3.05) is 46.6 Å². The fourth-order valence-electron chi connectivity index (χ4n) is 2.74. The first-order valence-electron chi connectivity index (χ1n) is 9.09. The van der Waals surface area contributed by atoms with E-state index in [9.17, 15) is 0 Å². The van der Waals surface area contributed by atoms with Crippen LogP contribution in [0.25, 0.3) is 0 Å². The van der Waals surface area contributed by atoms with Gasteiger partial charge in [0.25, 0.3) is 0 Å². The summed E-state index contributed by atoms with van der Waals surface area (Å²) in [6, 6.07) is 7.92. The minimum atomic E-state index is 0. The van der Waals surface area contributed by atoms with Gasteiger partial charge in [-0.15, -0.1) is 24.0 Å². The molecular formula is C19H31ClIN3O2. The van der Waals surface area contributed by atoms with Gasteiger partial charge in [0.15, 0.2) is 5.96 Å². The second-order valence-corrected chi connectivity index (χ2v) is 6.75. The lowest BCUT2D eigenvalue weighted by atomic mass is 10.1. The normalized spacial score (nSPS) is 17.0. The number of aliphatic imine (C=N–C) groups is 1. The molecule has 148 valence electrons. The number of halogens is 2. The van der Waals surface area contributed by atoms with Crippen LogP contribution in [0, 0.1) is 5.92 Å². The lowest BCUT2D eigenvalue weighted by Crippen LogP contribution is -2.38. The number of hydrogen-bond donors (Lipinski definition) is 1. The number of nitrogens with zero attached hydrogens (tertiary/aromatic N) is 2. The summed E-state index contributed by atoms with van der Waals surface area (Å²) in [7, 11) is 2.03. The first-order chi connectivity index (χ1) is 12.2. The molecule has 0 saturated carbocycles. The molecule has 0 aromatic heterocycles. The van der Waals surface area contributed by atoms with Crippen LogP contribution in [-0.2, 0) is 16.0 Å². The molecule has 1 aromatic rings. The molecule has 1 heterocycles. The van der Waals surface area contributed by atoms with Gasteiger partial charge < -0.3 is 19.7 Å². The van der Waals surface area contributed by atoms with Gasteiger partial charge in [-0.1, -0.05) is 29.8 Å². The first kappa shape index (κ1) is 23.5. The van der Waals surface area contributed by atoms with Gasteiger partial charge in [-0.3, -0.25) is 4.99 Å². The van der Waals surface area contributed by atoms with Gasteiger partial charge in [0.2, 0.25) is 0 Å². The predicted octanol–water partition coefficient (Wildman–Crippen LogP) is 3.80. The molecule has 1 N–H and O–H groups in total. The molecule has 1 saturated heterocycles. The molecule has 1 aliphatic heterocycles. The summed E-state index contributed by atoms with van der Waals surface area (Å²) in [4.78, 5) is 6.79. The molecular weight excluding hydrogens is 465 g/mol. The van der Waals surface area contributed by atoms with E-state index in [1.807, 2.05) is 31.3 Å². The molecule has 7 heteroatoms. The molecule has 5 nitrogen and oxygen atoms in total. The van der Waals surface area contributed by atoms with Crippen molar-refractivity contribution in [1.29, 1.82) is 0 Å². The van der Waals surface area contributed by atoms with E-state index >= 15 is 0 Å². The second-order valence-electron chi connectivity index (χ2n) is 6.34. The minimum absolute atomic E-state index is 0. The molecule has 2 rings (SSSR count). The number of benzene rings is 1. The summed E-state index contributed by atoms with van der Waals surface area (Å²) in [5.41, 5.74) is 1.10. The first-order valence-corrected chi connectivity index (χ1v) is 9.46. The predicted molar refractivity (Wildman–Crippen MR) is 119 cm³/mol. The van der Waals surface area contributed by atoms with Crippen molar-refractivity contribution in [3.05, 3.63) is 34.9 Å². The monoisotopic (exact) mass is 495 g/mol. The Bertz CT molecular complexity index is 539. The Kier molecular flexibility index (Phi) is 12.3. The third-order valence-electron chi connectivity index (χ3n) is 4.15. The Hall–Kier alpha value is -0.570. The molecule has 0 spiro atoms. The van der Waals surface area contributed by atoms with Gasteiger partial charge in [-0.25, -0.2) is 0 Å². The SMILES string of the molecule is CCNC(=NCCCOCC1CCOC1)N(C)Cc1ccccc1Cl.I. The fraction of sp³-hybridized carbons (Fsp3) is 0.632. The van der Waals surface area contributed by atoms with Crippen LogP contribution in [0.2, 0.25) is 5.02 Å². The van der Waals surface area contributed by atoms with E-state index in [1.54, 1.807) is 0 Å². The molecule has 1 unspecified atom stereocenters. The zero-order valence-corrected chi connectivity index (χ0v) is 18.8. The summed E-state index contributed by atoms with van der Waals surface area (Å²) < 4.78 is 11.1. The maximum atomic E-state index is 6.25. The van der Waals surface area contributed by atoms with Crippen LogP contribution in [0.1, 0.15) is 25.3 Å². The highest BCUT2D eigenvalue weighted by atomic mass is 127. The van der Waals surface area contributed by atoms with E-state index in [1.165, 1.54) is 0 Å². The third-order valence-corrected chi connectivity index (χ3v) is 4.52. The smallest absolute Gasteiger partial charge is 0.193 e. The Labute approximate surface area is 179 Å². The lowest BCUT2D eigenvalue weighted by molar-refractivity contribution is 0.0893. The van der Waals surface area contributed by atoms with E-state index < -0.39 is 0 Å². The van der Waals surface area contributed by atoms with Crippen molar-refractivity contribution in [2.45, 2.75) is 26.3 Å². The quantitative estimate of drug-likeness (QED) is 0.245. The Balaban J connectivity index is 0.00000338. The molecule has 0 bridgehead atoms. The largest absolute Gasteiger partial charge is 0.381 e.